The Morgan fingerprint density at radius 3 is 2.32 bits per heavy atom. The zero-order valence-electron chi connectivity index (χ0n) is 23.8. The van der Waals surface area contributed by atoms with Crippen molar-refractivity contribution in [1.29, 1.82) is 0 Å². The van der Waals surface area contributed by atoms with Gasteiger partial charge in [-0.05, 0) is 80.2 Å². The number of nitrogens with zero attached hydrogens (tertiary/aromatic N) is 5. The van der Waals surface area contributed by atoms with Crippen LogP contribution in [0.1, 0.15) is 37.2 Å². The molecule has 0 aliphatic carbocycles. The number of halogens is 2. The zero-order chi connectivity index (χ0) is 30.2. The van der Waals surface area contributed by atoms with Crippen molar-refractivity contribution in [2.75, 3.05) is 29.9 Å². The van der Waals surface area contributed by atoms with Crippen LogP contribution in [0.5, 0.6) is 0 Å². The number of carbonyl (C=O) groups is 1. The molecule has 0 atom stereocenters. The van der Waals surface area contributed by atoms with Crippen molar-refractivity contribution in [2.45, 2.75) is 31.6 Å². The molecule has 0 radical (unpaired) electrons. The summed E-state index contributed by atoms with van der Waals surface area (Å²) < 4.78 is 1.20. The molecular weight excluding hydrogens is 597 g/mol. The van der Waals surface area contributed by atoms with Gasteiger partial charge in [-0.2, -0.15) is 9.78 Å². The Kier molecular flexibility index (Phi) is 7.76. The third-order valence-electron chi connectivity index (χ3n) is 8.29. The van der Waals surface area contributed by atoms with E-state index in [0.717, 1.165) is 43.7 Å². The van der Waals surface area contributed by atoms with Crippen LogP contribution in [0.25, 0.3) is 27.8 Å². The van der Waals surface area contributed by atoms with Gasteiger partial charge in [-0.25, -0.2) is 9.97 Å². The number of para-hydroxylation sites is 1. The number of hydrogen-bond donors (Lipinski definition) is 2. The van der Waals surface area contributed by atoms with E-state index < -0.39 is 5.56 Å². The highest BCUT2D eigenvalue weighted by Crippen LogP contribution is 2.32. The highest BCUT2D eigenvalue weighted by molar-refractivity contribution is 6.37. The third-order valence-corrected chi connectivity index (χ3v) is 8.90. The second-order valence-corrected chi connectivity index (χ2v) is 11.9. The molecule has 1 amide bonds. The van der Waals surface area contributed by atoms with Crippen molar-refractivity contribution in [3.8, 4) is 16.9 Å². The van der Waals surface area contributed by atoms with E-state index in [-0.39, 0.29) is 27.0 Å². The summed E-state index contributed by atoms with van der Waals surface area (Å²) in [6, 6.07) is 20.9. The monoisotopic (exact) mass is 625 g/mol. The fourth-order valence-corrected chi connectivity index (χ4v) is 6.52. The highest BCUT2D eigenvalue weighted by Gasteiger charge is 2.23. The lowest BCUT2D eigenvalue weighted by atomic mass is 9.90. The minimum Gasteiger partial charge on any atom is -0.324 e. The molecule has 0 bridgehead atoms. The summed E-state index contributed by atoms with van der Waals surface area (Å²) in [5, 5.41) is 12.3. The van der Waals surface area contributed by atoms with Gasteiger partial charge in [0.1, 0.15) is 16.9 Å². The Morgan fingerprint density at radius 2 is 1.64 bits per heavy atom. The highest BCUT2D eigenvalue weighted by atomic mass is 35.5. The fourth-order valence-electron chi connectivity index (χ4n) is 5.97. The van der Waals surface area contributed by atoms with E-state index in [1.807, 2.05) is 36.4 Å². The SMILES string of the molecule is O=C1CCCN1c1ccc(-c2nn(-c3c(Cl)cccc3Cl)c(=O)c3cnc(Nc4ccc(C5CCNCC5)cc4)nc23)cc1. The third kappa shape index (κ3) is 5.43. The summed E-state index contributed by atoms with van der Waals surface area (Å²) in [5.74, 6) is 0.998. The largest absolute Gasteiger partial charge is 0.324 e. The molecule has 7 rings (SSSR count). The Labute approximate surface area is 263 Å². The molecule has 2 fully saturated rings. The summed E-state index contributed by atoms with van der Waals surface area (Å²) in [5.41, 5.74) is 4.33. The topological polar surface area (TPSA) is 105 Å². The van der Waals surface area contributed by atoms with Crippen LogP contribution in [0.3, 0.4) is 0 Å². The van der Waals surface area contributed by atoms with Gasteiger partial charge in [0.25, 0.3) is 5.56 Å². The number of hydrogen-bond acceptors (Lipinski definition) is 7. The maximum Gasteiger partial charge on any atom is 0.282 e. The van der Waals surface area contributed by atoms with E-state index in [1.54, 1.807) is 23.1 Å². The number of aromatic nitrogens is 4. The van der Waals surface area contributed by atoms with Gasteiger partial charge in [0.05, 0.1) is 15.4 Å². The van der Waals surface area contributed by atoms with E-state index >= 15 is 0 Å². The van der Waals surface area contributed by atoms with Gasteiger partial charge in [-0.3, -0.25) is 9.59 Å². The van der Waals surface area contributed by atoms with E-state index in [2.05, 4.69) is 27.8 Å². The molecule has 2 aromatic heterocycles. The quantitative estimate of drug-likeness (QED) is 0.222. The summed E-state index contributed by atoms with van der Waals surface area (Å²) in [4.78, 5) is 37.1. The van der Waals surface area contributed by atoms with Gasteiger partial charge in [0, 0.05) is 36.1 Å². The summed E-state index contributed by atoms with van der Waals surface area (Å²) >= 11 is 13.0. The van der Waals surface area contributed by atoms with Crippen LogP contribution in [0.15, 0.2) is 77.7 Å². The summed E-state index contributed by atoms with van der Waals surface area (Å²) in [6.07, 6.45) is 5.14. The molecule has 0 saturated carbocycles. The van der Waals surface area contributed by atoms with Gasteiger partial charge >= 0.3 is 0 Å². The number of amides is 1. The predicted octanol–water partition coefficient (Wildman–Crippen LogP) is 6.49. The molecule has 9 nitrogen and oxygen atoms in total. The van der Waals surface area contributed by atoms with Crippen molar-refractivity contribution in [3.63, 3.8) is 0 Å². The standard InChI is InChI=1S/C33H29Cl2N7O2/c34-26-3-1-4-27(35)31(26)42-32(44)25-19-37-33(38-23-10-6-20(7-11-23)21-14-16-36-17-15-21)39-30(25)29(40-42)22-8-12-24(13-9-22)41-18-2-5-28(41)43/h1,3-4,6-13,19,21,36H,2,5,14-18H2,(H,37,38,39). The van der Waals surface area contributed by atoms with Crippen LogP contribution in [0.2, 0.25) is 10.0 Å². The minimum atomic E-state index is -0.448. The van der Waals surface area contributed by atoms with E-state index in [4.69, 9.17) is 33.3 Å². The number of benzene rings is 3. The molecule has 5 aromatic rings. The molecule has 4 heterocycles. The molecule has 2 aliphatic rings. The molecule has 0 unspecified atom stereocenters. The van der Waals surface area contributed by atoms with Crippen molar-refractivity contribution in [1.82, 2.24) is 25.1 Å². The molecule has 2 aliphatic heterocycles. The Morgan fingerprint density at radius 1 is 0.909 bits per heavy atom. The predicted molar refractivity (Wildman–Crippen MR) is 175 cm³/mol. The number of nitrogens with one attached hydrogen (secondary N) is 2. The van der Waals surface area contributed by atoms with Crippen LogP contribution in [0, 0.1) is 0 Å². The Hall–Kier alpha value is -4.31. The van der Waals surface area contributed by atoms with E-state index in [0.29, 0.717) is 41.6 Å². The number of piperidine rings is 1. The van der Waals surface area contributed by atoms with Crippen LogP contribution < -0.4 is 21.1 Å². The van der Waals surface area contributed by atoms with Gasteiger partial charge in [-0.1, -0.05) is 53.5 Å². The van der Waals surface area contributed by atoms with Crippen molar-refractivity contribution in [3.05, 3.63) is 98.9 Å². The van der Waals surface area contributed by atoms with Gasteiger partial charge < -0.3 is 15.5 Å². The number of rotatable bonds is 6. The molecule has 0 spiro atoms. The molecule has 2 saturated heterocycles. The van der Waals surface area contributed by atoms with Crippen molar-refractivity contribution >= 4 is 57.3 Å². The molecule has 3 aromatic carbocycles. The average Bonchev–Trinajstić information content (AvgIpc) is 3.48. The smallest absolute Gasteiger partial charge is 0.282 e. The maximum atomic E-state index is 13.8. The first-order valence-corrected chi connectivity index (χ1v) is 15.4. The molecule has 222 valence electrons. The first-order chi connectivity index (χ1) is 21.5. The second kappa shape index (κ2) is 12.0. The van der Waals surface area contributed by atoms with Crippen molar-refractivity contribution < 1.29 is 4.79 Å². The lowest BCUT2D eigenvalue weighted by molar-refractivity contribution is -0.117. The minimum absolute atomic E-state index is 0.107. The zero-order valence-corrected chi connectivity index (χ0v) is 25.3. The van der Waals surface area contributed by atoms with Crippen molar-refractivity contribution in [2.24, 2.45) is 0 Å². The number of carbonyl (C=O) groups excluding carboxylic acids is 1. The fraction of sp³-hybridized carbons (Fsp3) is 0.242. The molecular formula is C33H29Cl2N7O2. The van der Waals surface area contributed by atoms with Gasteiger partial charge in [0.2, 0.25) is 11.9 Å². The summed E-state index contributed by atoms with van der Waals surface area (Å²) in [6.45, 7) is 2.77. The van der Waals surface area contributed by atoms with Crippen LogP contribution in [0.4, 0.5) is 17.3 Å². The number of fused-ring (bicyclic) bond motifs is 1. The molecule has 11 heteroatoms. The summed E-state index contributed by atoms with van der Waals surface area (Å²) in [7, 11) is 0. The van der Waals surface area contributed by atoms with Gasteiger partial charge in [0.15, 0.2) is 0 Å². The second-order valence-electron chi connectivity index (χ2n) is 11.1. The van der Waals surface area contributed by atoms with Gasteiger partial charge in [-0.15, -0.1) is 0 Å². The first-order valence-electron chi connectivity index (χ1n) is 14.7. The molecule has 44 heavy (non-hydrogen) atoms. The van der Waals surface area contributed by atoms with Crippen LogP contribution in [-0.2, 0) is 4.79 Å². The molecule has 2 N–H and O–H groups in total. The normalized spacial score (nSPS) is 15.7. The average molecular weight is 627 g/mol. The number of anilines is 3. The lowest BCUT2D eigenvalue weighted by Crippen LogP contribution is -2.26. The lowest BCUT2D eigenvalue weighted by Gasteiger charge is -2.23. The Bertz CT molecular complexity index is 1900. The van der Waals surface area contributed by atoms with Crippen LogP contribution >= 0.6 is 23.2 Å². The van der Waals surface area contributed by atoms with E-state index in [9.17, 15) is 9.59 Å². The van der Waals surface area contributed by atoms with E-state index in [1.165, 1.54) is 16.4 Å². The first kappa shape index (κ1) is 28.5. The Balaban J connectivity index is 1.30. The maximum absolute atomic E-state index is 13.8. The van der Waals surface area contributed by atoms with Crippen LogP contribution in [-0.4, -0.2) is 45.3 Å².